The first-order chi connectivity index (χ1) is 9.34. The predicted octanol–water partition coefficient (Wildman–Crippen LogP) is 3.56. The van der Waals surface area contributed by atoms with Crippen molar-refractivity contribution >= 4 is 5.57 Å². The van der Waals surface area contributed by atoms with E-state index < -0.39 is 0 Å². The van der Waals surface area contributed by atoms with Crippen molar-refractivity contribution in [1.29, 1.82) is 0 Å². The largest absolute Gasteiger partial charge is 0.493 e. The third kappa shape index (κ3) is 3.19. The second-order valence-corrected chi connectivity index (χ2v) is 5.65. The molecule has 0 saturated heterocycles. The monoisotopic (exact) mass is 257 g/mol. The van der Waals surface area contributed by atoms with Crippen molar-refractivity contribution in [2.24, 2.45) is 0 Å². The molecular formula is C17H23NO. The maximum Gasteiger partial charge on any atom is 0.129 e. The van der Waals surface area contributed by atoms with E-state index in [1.54, 1.807) is 0 Å². The number of benzene rings is 1. The summed E-state index contributed by atoms with van der Waals surface area (Å²) in [5.41, 5.74) is 3.99. The number of aryl methyl sites for hydroxylation is 1. The highest BCUT2D eigenvalue weighted by Crippen LogP contribution is 2.33. The Morgan fingerprint density at radius 1 is 1.42 bits per heavy atom. The normalized spacial score (nSPS) is 18.9. The fourth-order valence-electron chi connectivity index (χ4n) is 2.67. The molecule has 1 saturated carbocycles. The average molecular weight is 257 g/mol. The lowest BCUT2D eigenvalue weighted by Crippen LogP contribution is -2.16. The molecule has 1 aliphatic heterocycles. The molecule has 0 radical (unpaired) electrons. The molecule has 19 heavy (non-hydrogen) atoms. The standard InChI is InChI=1S/C17H23NO/c1-13(5-3-11-18-15-9-10-15)16-8-2-6-14-7-4-12-19-17(14)16/h2,5-6,8,15,18H,3-4,7,9-12H2,1H3/b13-5-. The van der Waals surface area contributed by atoms with E-state index in [0.29, 0.717) is 0 Å². The van der Waals surface area contributed by atoms with Gasteiger partial charge in [0, 0.05) is 11.6 Å². The van der Waals surface area contributed by atoms with E-state index in [4.69, 9.17) is 4.74 Å². The third-order valence-electron chi connectivity index (χ3n) is 3.96. The van der Waals surface area contributed by atoms with Gasteiger partial charge in [-0.15, -0.1) is 0 Å². The van der Waals surface area contributed by atoms with Crippen LogP contribution < -0.4 is 10.1 Å². The summed E-state index contributed by atoms with van der Waals surface area (Å²) in [7, 11) is 0. The van der Waals surface area contributed by atoms with Crippen LogP contribution in [0.15, 0.2) is 24.3 Å². The second kappa shape index (κ2) is 5.79. The molecule has 0 amide bonds. The maximum atomic E-state index is 5.87. The molecule has 0 atom stereocenters. The van der Waals surface area contributed by atoms with E-state index in [0.717, 1.165) is 44.2 Å². The lowest BCUT2D eigenvalue weighted by Gasteiger charge is -2.20. The summed E-state index contributed by atoms with van der Waals surface area (Å²) in [6, 6.07) is 7.34. The van der Waals surface area contributed by atoms with Crippen LogP contribution in [0.2, 0.25) is 0 Å². The van der Waals surface area contributed by atoms with Crippen molar-refractivity contribution in [3.63, 3.8) is 0 Å². The Morgan fingerprint density at radius 2 is 2.32 bits per heavy atom. The zero-order chi connectivity index (χ0) is 13.1. The highest BCUT2D eigenvalue weighted by molar-refractivity contribution is 5.70. The van der Waals surface area contributed by atoms with E-state index in [1.807, 2.05) is 0 Å². The Balaban J connectivity index is 1.67. The van der Waals surface area contributed by atoms with Gasteiger partial charge >= 0.3 is 0 Å². The van der Waals surface area contributed by atoms with E-state index in [-0.39, 0.29) is 0 Å². The maximum absolute atomic E-state index is 5.87. The van der Waals surface area contributed by atoms with Crippen LogP contribution in [-0.2, 0) is 6.42 Å². The quantitative estimate of drug-likeness (QED) is 0.814. The molecule has 1 N–H and O–H groups in total. The van der Waals surface area contributed by atoms with Crippen molar-refractivity contribution in [2.75, 3.05) is 13.2 Å². The highest BCUT2D eigenvalue weighted by Gasteiger charge is 2.19. The van der Waals surface area contributed by atoms with Crippen LogP contribution in [0.3, 0.4) is 0 Å². The summed E-state index contributed by atoms with van der Waals surface area (Å²) < 4.78 is 5.87. The lowest BCUT2D eigenvalue weighted by molar-refractivity contribution is 0.287. The van der Waals surface area contributed by atoms with Gasteiger partial charge in [-0.2, -0.15) is 0 Å². The number of rotatable bonds is 5. The highest BCUT2D eigenvalue weighted by atomic mass is 16.5. The third-order valence-corrected chi connectivity index (χ3v) is 3.96. The Hall–Kier alpha value is -1.28. The van der Waals surface area contributed by atoms with Crippen molar-refractivity contribution < 1.29 is 4.74 Å². The van der Waals surface area contributed by atoms with Crippen LogP contribution in [0.4, 0.5) is 0 Å². The first-order valence-electron chi connectivity index (χ1n) is 7.50. The number of para-hydroxylation sites is 1. The van der Waals surface area contributed by atoms with Gasteiger partial charge in [-0.25, -0.2) is 0 Å². The summed E-state index contributed by atoms with van der Waals surface area (Å²) >= 11 is 0. The number of allylic oxidation sites excluding steroid dienone is 1. The first kappa shape index (κ1) is 12.7. The van der Waals surface area contributed by atoms with Gasteiger partial charge in [0.15, 0.2) is 0 Å². The van der Waals surface area contributed by atoms with Crippen LogP contribution in [0.1, 0.15) is 43.7 Å². The predicted molar refractivity (Wildman–Crippen MR) is 79.6 cm³/mol. The smallest absolute Gasteiger partial charge is 0.129 e. The van der Waals surface area contributed by atoms with E-state index in [9.17, 15) is 0 Å². The van der Waals surface area contributed by atoms with Gasteiger partial charge in [-0.05, 0) is 56.7 Å². The van der Waals surface area contributed by atoms with E-state index >= 15 is 0 Å². The molecule has 0 unspecified atom stereocenters. The van der Waals surface area contributed by atoms with Crippen molar-refractivity contribution in [1.82, 2.24) is 5.32 Å². The molecule has 1 aromatic carbocycles. The fourth-order valence-corrected chi connectivity index (χ4v) is 2.67. The number of ether oxygens (including phenoxy) is 1. The minimum absolute atomic E-state index is 0.807. The van der Waals surface area contributed by atoms with Crippen LogP contribution in [-0.4, -0.2) is 19.2 Å². The van der Waals surface area contributed by atoms with E-state index in [1.165, 1.54) is 29.5 Å². The van der Waals surface area contributed by atoms with Crippen LogP contribution in [0, 0.1) is 0 Å². The molecule has 1 fully saturated rings. The van der Waals surface area contributed by atoms with Gasteiger partial charge in [0.2, 0.25) is 0 Å². The summed E-state index contributed by atoms with van der Waals surface area (Å²) in [6.45, 7) is 4.16. The number of fused-ring (bicyclic) bond motifs is 1. The molecule has 1 heterocycles. The zero-order valence-corrected chi connectivity index (χ0v) is 11.7. The molecule has 0 spiro atoms. The molecule has 0 aromatic heterocycles. The summed E-state index contributed by atoms with van der Waals surface area (Å²) in [6.07, 6.45) is 8.46. The van der Waals surface area contributed by atoms with Gasteiger partial charge in [0.25, 0.3) is 0 Å². The summed E-state index contributed by atoms with van der Waals surface area (Å²) in [4.78, 5) is 0. The van der Waals surface area contributed by atoms with Crippen LogP contribution in [0.25, 0.3) is 5.57 Å². The number of hydrogen-bond acceptors (Lipinski definition) is 2. The van der Waals surface area contributed by atoms with Crippen molar-refractivity contribution in [3.8, 4) is 5.75 Å². The summed E-state index contributed by atoms with van der Waals surface area (Å²) in [5, 5.41) is 3.55. The molecule has 0 bridgehead atoms. The Kier molecular flexibility index (Phi) is 3.88. The molecule has 2 aliphatic rings. The molecule has 1 aromatic rings. The SMILES string of the molecule is C/C(=C/CCNC1CC1)c1cccc2c1OCCC2. The van der Waals surface area contributed by atoms with Crippen LogP contribution >= 0.6 is 0 Å². The fraction of sp³-hybridized carbons (Fsp3) is 0.529. The first-order valence-corrected chi connectivity index (χ1v) is 7.50. The van der Waals surface area contributed by atoms with Gasteiger partial charge in [-0.1, -0.05) is 24.3 Å². The molecule has 2 nitrogen and oxygen atoms in total. The van der Waals surface area contributed by atoms with Crippen LogP contribution in [0.5, 0.6) is 5.75 Å². The topological polar surface area (TPSA) is 21.3 Å². The second-order valence-electron chi connectivity index (χ2n) is 5.65. The minimum atomic E-state index is 0.807. The number of hydrogen-bond donors (Lipinski definition) is 1. The summed E-state index contributed by atoms with van der Waals surface area (Å²) in [5.74, 6) is 1.12. The zero-order valence-electron chi connectivity index (χ0n) is 11.7. The minimum Gasteiger partial charge on any atom is -0.493 e. The molecule has 3 rings (SSSR count). The van der Waals surface area contributed by atoms with Gasteiger partial charge in [0.05, 0.1) is 6.61 Å². The Morgan fingerprint density at radius 3 is 3.16 bits per heavy atom. The molecule has 1 aliphatic carbocycles. The lowest BCUT2D eigenvalue weighted by atomic mass is 9.98. The molecule has 2 heteroatoms. The Labute approximate surface area is 115 Å². The van der Waals surface area contributed by atoms with Crippen molar-refractivity contribution in [2.45, 2.75) is 45.1 Å². The van der Waals surface area contributed by atoms with Gasteiger partial charge in [0.1, 0.15) is 5.75 Å². The van der Waals surface area contributed by atoms with Gasteiger partial charge < -0.3 is 10.1 Å². The van der Waals surface area contributed by atoms with Gasteiger partial charge in [-0.3, -0.25) is 0 Å². The van der Waals surface area contributed by atoms with E-state index in [2.05, 4.69) is 36.5 Å². The molecular weight excluding hydrogens is 234 g/mol. The Bertz CT molecular complexity index is 474. The number of nitrogens with one attached hydrogen (secondary N) is 1. The molecule has 102 valence electrons. The van der Waals surface area contributed by atoms with Crippen molar-refractivity contribution in [3.05, 3.63) is 35.4 Å². The average Bonchev–Trinajstić information content (AvgIpc) is 3.27.